The van der Waals surface area contributed by atoms with Gasteiger partial charge in [0.15, 0.2) is 6.10 Å². The van der Waals surface area contributed by atoms with Crippen molar-refractivity contribution in [3.63, 3.8) is 0 Å². The lowest BCUT2D eigenvalue weighted by Gasteiger charge is -2.18. The maximum Gasteiger partial charge on any atom is 0.306 e. The van der Waals surface area contributed by atoms with Gasteiger partial charge in [0, 0.05) is 19.3 Å². The van der Waals surface area contributed by atoms with Gasteiger partial charge in [-0.15, -0.1) is 0 Å². The normalized spacial score (nSPS) is 12.8. The van der Waals surface area contributed by atoms with Gasteiger partial charge in [-0.05, 0) is 122 Å². The average Bonchev–Trinajstić information content (AvgIpc) is 3.37. The van der Waals surface area contributed by atoms with Crippen molar-refractivity contribution in [3.05, 3.63) is 97.2 Å². The first kappa shape index (κ1) is 67.3. The molecule has 0 spiro atoms. The van der Waals surface area contributed by atoms with Crippen LogP contribution in [0.15, 0.2) is 97.2 Å². The molecule has 0 N–H and O–H groups in total. The fourth-order valence-corrected chi connectivity index (χ4v) is 8.08. The highest BCUT2D eigenvalue weighted by Crippen LogP contribution is 2.15. The summed E-state index contributed by atoms with van der Waals surface area (Å²) in [4.78, 5) is 38.2. The summed E-state index contributed by atoms with van der Waals surface area (Å²) in [5, 5.41) is 0. The fourth-order valence-electron chi connectivity index (χ4n) is 8.08. The number of rotatable bonds is 53. The second-order valence-corrected chi connectivity index (χ2v) is 19.5. The van der Waals surface area contributed by atoms with Crippen LogP contribution in [-0.2, 0) is 28.6 Å². The Bertz CT molecular complexity index is 1410. The Balaban J connectivity index is 4.45. The number of unbranched alkanes of at least 4 members (excludes halogenated alkanes) is 26. The van der Waals surface area contributed by atoms with Gasteiger partial charge in [0.2, 0.25) is 0 Å². The molecule has 6 nitrogen and oxygen atoms in total. The lowest BCUT2D eigenvalue weighted by Crippen LogP contribution is -2.30. The number of hydrogen-bond donors (Lipinski definition) is 0. The van der Waals surface area contributed by atoms with Crippen molar-refractivity contribution in [2.75, 3.05) is 13.2 Å². The molecule has 0 aliphatic heterocycles. The molecule has 6 heteroatoms. The van der Waals surface area contributed by atoms with Crippen LogP contribution in [0.1, 0.15) is 278 Å². The molecule has 0 aliphatic carbocycles. The molecule has 0 radical (unpaired) electrons. The summed E-state index contributed by atoms with van der Waals surface area (Å²) in [5.74, 6) is -0.934. The van der Waals surface area contributed by atoms with Crippen molar-refractivity contribution in [2.24, 2.45) is 0 Å². The second-order valence-electron chi connectivity index (χ2n) is 19.5. The van der Waals surface area contributed by atoms with Gasteiger partial charge in [-0.3, -0.25) is 14.4 Å². The molecule has 0 fully saturated rings. The van der Waals surface area contributed by atoms with E-state index in [9.17, 15) is 14.4 Å². The summed E-state index contributed by atoms with van der Waals surface area (Å²) < 4.78 is 16.9. The van der Waals surface area contributed by atoms with E-state index in [1.807, 2.05) is 0 Å². The first-order valence-corrected chi connectivity index (χ1v) is 29.7. The minimum absolute atomic E-state index is 0.0938. The molecule has 0 saturated heterocycles. The van der Waals surface area contributed by atoms with Gasteiger partial charge in [0.05, 0.1) is 0 Å². The van der Waals surface area contributed by atoms with E-state index in [1.165, 1.54) is 122 Å². The lowest BCUT2D eigenvalue weighted by molar-refractivity contribution is -0.167. The second kappa shape index (κ2) is 58.9. The molecule has 0 unspecified atom stereocenters. The molecular weight excluding hydrogens is 877 g/mol. The van der Waals surface area contributed by atoms with Crippen LogP contribution in [0.5, 0.6) is 0 Å². The van der Waals surface area contributed by atoms with Crippen LogP contribution in [0.2, 0.25) is 0 Å². The fraction of sp³-hybridized carbons (Fsp3) is 0.708. The lowest BCUT2D eigenvalue weighted by atomic mass is 10.1. The van der Waals surface area contributed by atoms with Crippen LogP contribution in [0, 0.1) is 0 Å². The number of ether oxygens (including phenoxy) is 3. The van der Waals surface area contributed by atoms with E-state index in [2.05, 4.69) is 118 Å². The van der Waals surface area contributed by atoms with Gasteiger partial charge in [0.25, 0.3) is 0 Å². The molecule has 0 heterocycles. The van der Waals surface area contributed by atoms with E-state index in [0.29, 0.717) is 19.3 Å². The van der Waals surface area contributed by atoms with Crippen molar-refractivity contribution < 1.29 is 28.6 Å². The topological polar surface area (TPSA) is 78.9 Å². The van der Waals surface area contributed by atoms with Crippen molar-refractivity contribution in [1.29, 1.82) is 0 Å². The van der Waals surface area contributed by atoms with Gasteiger partial charge >= 0.3 is 17.9 Å². The van der Waals surface area contributed by atoms with Crippen LogP contribution in [0.4, 0.5) is 0 Å². The van der Waals surface area contributed by atoms with E-state index >= 15 is 0 Å². The molecule has 0 aromatic heterocycles. The third kappa shape index (κ3) is 57.1. The minimum Gasteiger partial charge on any atom is -0.462 e. The van der Waals surface area contributed by atoms with Crippen LogP contribution in [-0.4, -0.2) is 37.2 Å². The maximum atomic E-state index is 12.9. The average molecular weight is 988 g/mol. The van der Waals surface area contributed by atoms with E-state index < -0.39 is 6.10 Å². The standard InChI is InChI=1S/C65H110O6/c1-4-7-10-13-16-19-22-25-28-30-32-34-37-39-42-45-48-51-54-57-63(66)69-60-62(71-65(68)59-56-53-50-47-44-41-36-27-24-21-18-15-12-9-6-3)61-70-64(67)58-55-52-49-46-43-40-38-35-33-31-29-26-23-20-17-14-11-8-5-2/h7,10,16-17,19-20,25-29,32,34,36,39,42,62H,4-6,8-9,11-15,18,21-24,30-31,33,35,37-38,40-41,43-61H2,1-3H3/b10-7-,19-16-,20-17-,28-25-,29-26-,34-32-,36-27-,42-39-/t62-/m1/s1. The third-order valence-corrected chi connectivity index (χ3v) is 12.5. The van der Waals surface area contributed by atoms with Crippen molar-refractivity contribution >= 4 is 17.9 Å². The summed E-state index contributed by atoms with van der Waals surface area (Å²) >= 11 is 0. The predicted molar refractivity (Wildman–Crippen MR) is 307 cm³/mol. The quantitative estimate of drug-likeness (QED) is 0.0261. The molecule has 0 amide bonds. The van der Waals surface area contributed by atoms with Crippen LogP contribution in [0.3, 0.4) is 0 Å². The minimum atomic E-state index is -0.799. The molecule has 0 saturated carbocycles. The number of carbonyl (C=O) groups excluding carboxylic acids is 3. The largest absolute Gasteiger partial charge is 0.462 e. The molecule has 0 aromatic rings. The Kier molecular flexibility index (Phi) is 55.9. The zero-order valence-corrected chi connectivity index (χ0v) is 46.5. The van der Waals surface area contributed by atoms with Gasteiger partial charge in [-0.2, -0.15) is 0 Å². The van der Waals surface area contributed by atoms with E-state index in [1.54, 1.807) is 0 Å². The smallest absolute Gasteiger partial charge is 0.306 e. The predicted octanol–water partition coefficient (Wildman–Crippen LogP) is 20.1. The zero-order chi connectivity index (χ0) is 51.4. The van der Waals surface area contributed by atoms with Crippen LogP contribution < -0.4 is 0 Å². The molecule has 0 aliphatic rings. The molecule has 0 rings (SSSR count). The summed E-state index contributed by atoms with van der Waals surface area (Å²) in [7, 11) is 0. The molecule has 406 valence electrons. The number of carbonyl (C=O) groups is 3. The first-order valence-electron chi connectivity index (χ1n) is 29.7. The maximum absolute atomic E-state index is 12.9. The van der Waals surface area contributed by atoms with Crippen molar-refractivity contribution in [1.82, 2.24) is 0 Å². The Morgan fingerprint density at radius 3 is 0.915 bits per heavy atom. The first-order chi connectivity index (χ1) is 35.0. The molecule has 0 bridgehead atoms. The van der Waals surface area contributed by atoms with Crippen molar-refractivity contribution in [2.45, 2.75) is 284 Å². The SMILES string of the molecule is CC/C=C\C/C=C\C/C=C\C/C=C\C/C=C\CCCCCC(=O)OC[C@H](COC(=O)CCCCCCCCCCC/C=C\C/C=C\CCCCC)OC(=O)CCCCCCC/C=C\CCCCCCCC. The monoisotopic (exact) mass is 987 g/mol. The number of hydrogen-bond acceptors (Lipinski definition) is 6. The van der Waals surface area contributed by atoms with Gasteiger partial charge in [0.1, 0.15) is 13.2 Å². The van der Waals surface area contributed by atoms with Gasteiger partial charge < -0.3 is 14.2 Å². The highest BCUT2D eigenvalue weighted by molar-refractivity contribution is 5.71. The number of esters is 3. The number of allylic oxidation sites excluding steroid dienone is 16. The van der Waals surface area contributed by atoms with Gasteiger partial charge in [-0.25, -0.2) is 0 Å². The summed E-state index contributed by atoms with van der Waals surface area (Å²) in [6.07, 6.45) is 78.2. The summed E-state index contributed by atoms with van der Waals surface area (Å²) in [6, 6.07) is 0. The Labute approximate surface area is 438 Å². The van der Waals surface area contributed by atoms with E-state index in [4.69, 9.17) is 14.2 Å². The molecule has 1 atom stereocenters. The van der Waals surface area contributed by atoms with Crippen molar-refractivity contribution in [3.8, 4) is 0 Å². The summed E-state index contributed by atoms with van der Waals surface area (Å²) in [6.45, 7) is 6.47. The third-order valence-electron chi connectivity index (χ3n) is 12.5. The Morgan fingerprint density at radius 1 is 0.296 bits per heavy atom. The molecule has 0 aromatic carbocycles. The van der Waals surface area contributed by atoms with Crippen LogP contribution in [0.25, 0.3) is 0 Å². The Hall–Kier alpha value is -3.67. The highest BCUT2D eigenvalue weighted by atomic mass is 16.6. The highest BCUT2D eigenvalue weighted by Gasteiger charge is 2.19. The molecule has 71 heavy (non-hydrogen) atoms. The Morgan fingerprint density at radius 2 is 0.549 bits per heavy atom. The zero-order valence-electron chi connectivity index (χ0n) is 46.5. The summed E-state index contributed by atoms with van der Waals surface area (Å²) in [5.41, 5.74) is 0. The van der Waals surface area contributed by atoms with Gasteiger partial charge in [-0.1, -0.05) is 234 Å². The van der Waals surface area contributed by atoms with E-state index in [0.717, 1.165) is 116 Å². The van der Waals surface area contributed by atoms with E-state index in [-0.39, 0.29) is 31.1 Å². The molecular formula is C65H110O6. The van der Waals surface area contributed by atoms with Crippen LogP contribution >= 0.6 is 0 Å².